The summed E-state index contributed by atoms with van der Waals surface area (Å²) in [6, 6.07) is 10.5. The minimum atomic E-state index is -0.331. The molecule has 0 radical (unpaired) electrons. The number of benzene rings is 2. The Bertz CT molecular complexity index is 726. The van der Waals surface area contributed by atoms with Gasteiger partial charge in [-0.05, 0) is 36.2 Å². The van der Waals surface area contributed by atoms with Crippen LogP contribution in [0.1, 0.15) is 12.0 Å². The van der Waals surface area contributed by atoms with Crippen LogP contribution in [0.15, 0.2) is 36.4 Å². The first-order valence-electron chi connectivity index (χ1n) is 7.75. The third kappa shape index (κ3) is 4.79. The molecule has 0 heterocycles. The minimum absolute atomic E-state index is 0.240. The van der Waals surface area contributed by atoms with E-state index in [1.165, 1.54) is 7.11 Å². The fourth-order valence-corrected chi connectivity index (χ4v) is 2.35. The second kappa shape index (κ2) is 8.82. The summed E-state index contributed by atoms with van der Waals surface area (Å²) in [5.74, 6) is 2.45. The second-order valence-electron chi connectivity index (χ2n) is 5.18. The fourth-order valence-electron chi connectivity index (χ4n) is 2.35. The van der Waals surface area contributed by atoms with Gasteiger partial charge >= 0.3 is 5.97 Å². The average Bonchev–Trinajstić information content (AvgIpc) is 2.65. The number of carbonyl (C=O) groups is 1. The van der Waals surface area contributed by atoms with Gasteiger partial charge in [0.15, 0.2) is 23.0 Å². The lowest BCUT2D eigenvalue weighted by molar-refractivity contribution is -0.134. The molecule has 0 saturated carbocycles. The maximum atomic E-state index is 12.1. The van der Waals surface area contributed by atoms with Crippen molar-refractivity contribution in [1.29, 1.82) is 0 Å². The van der Waals surface area contributed by atoms with Crippen LogP contribution in [-0.2, 0) is 11.2 Å². The monoisotopic (exact) mass is 346 g/mol. The maximum absolute atomic E-state index is 12.1. The molecule has 134 valence electrons. The summed E-state index contributed by atoms with van der Waals surface area (Å²) in [5.41, 5.74) is 0.960. The van der Waals surface area contributed by atoms with E-state index < -0.39 is 0 Å². The Balaban J connectivity index is 1.97. The Kier molecular flexibility index (Phi) is 6.51. The topological polar surface area (TPSA) is 63.2 Å². The first kappa shape index (κ1) is 18.4. The van der Waals surface area contributed by atoms with E-state index in [0.717, 1.165) is 5.56 Å². The van der Waals surface area contributed by atoms with E-state index >= 15 is 0 Å². The molecule has 0 aliphatic rings. The SMILES string of the molecule is COc1ccc(CCC(=O)Oc2ccc(OC)c(OC)c2)cc1OC. The number of methoxy groups -OCH3 is 4. The normalized spacial score (nSPS) is 10.1. The Labute approximate surface area is 147 Å². The highest BCUT2D eigenvalue weighted by Gasteiger charge is 2.11. The molecular formula is C19H22O6. The summed E-state index contributed by atoms with van der Waals surface area (Å²) in [4.78, 5) is 12.1. The first-order chi connectivity index (χ1) is 12.1. The van der Waals surface area contributed by atoms with Crippen LogP contribution in [0.4, 0.5) is 0 Å². The second-order valence-corrected chi connectivity index (χ2v) is 5.18. The van der Waals surface area contributed by atoms with E-state index in [9.17, 15) is 4.79 Å². The molecule has 0 aliphatic carbocycles. The predicted octanol–water partition coefficient (Wildman–Crippen LogP) is 3.26. The zero-order chi connectivity index (χ0) is 18.2. The zero-order valence-electron chi connectivity index (χ0n) is 14.8. The number of hydrogen-bond acceptors (Lipinski definition) is 6. The third-order valence-electron chi connectivity index (χ3n) is 3.65. The van der Waals surface area contributed by atoms with Crippen LogP contribution in [0.3, 0.4) is 0 Å². The van der Waals surface area contributed by atoms with Crippen molar-refractivity contribution in [2.24, 2.45) is 0 Å². The number of carbonyl (C=O) groups excluding carboxylic acids is 1. The lowest BCUT2D eigenvalue weighted by Gasteiger charge is -2.11. The van der Waals surface area contributed by atoms with Gasteiger partial charge in [0.25, 0.3) is 0 Å². The molecule has 25 heavy (non-hydrogen) atoms. The molecular weight excluding hydrogens is 324 g/mol. The largest absolute Gasteiger partial charge is 0.493 e. The molecule has 0 bridgehead atoms. The fraction of sp³-hybridized carbons (Fsp3) is 0.316. The van der Waals surface area contributed by atoms with Crippen LogP contribution < -0.4 is 23.7 Å². The smallest absolute Gasteiger partial charge is 0.311 e. The number of esters is 1. The highest BCUT2D eigenvalue weighted by atomic mass is 16.5. The molecule has 6 heteroatoms. The number of ether oxygens (including phenoxy) is 5. The predicted molar refractivity (Wildman–Crippen MR) is 93.0 cm³/mol. The summed E-state index contributed by atoms with van der Waals surface area (Å²) < 4.78 is 26.2. The highest BCUT2D eigenvalue weighted by molar-refractivity contribution is 5.73. The van der Waals surface area contributed by atoms with E-state index in [2.05, 4.69) is 0 Å². The first-order valence-corrected chi connectivity index (χ1v) is 7.75. The lowest BCUT2D eigenvalue weighted by atomic mass is 10.1. The lowest BCUT2D eigenvalue weighted by Crippen LogP contribution is -2.09. The van der Waals surface area contributed by atoms with Crippen LogP contribution >= 0.6 is 0 Å². The van der Waals surface area contributed by atoms with Crippen molar-refractivity contribution < 1.29 is 28.5 Å². The molecule has 2 rings (SSSR count). The van der Waals surface area contributed by atoms with Gasteiger partial charge in [0.1, 0.15) is 5.75 Å². The van der Waals surface area contributed by atoms with Gasteiger partial charge in [-0.3, -0.25) is 4.79 Å². The van der Waals surface area contributed by atoms with Crippen molar-refractivity contribution in [3.8, 4) is 28.7 Å². The van der Waals surface area contributed by atoms with Crippen molar-refractivity contribution in [3.05, 3.63) is 42.0 Å². The van der Waals surface area contributed by atoms with Gasteiger partial charge in [0, 0.05) is 12.5 Å². The molecule has 0 N–H and O–H groups in total. The van der Waals surface area contributed by atoms with Crippen molar-refractivity contribution in [2.75, 3.05) is 28.4 Å². The van der Waals surface area contributed by atoms with Crippen molar-refractivity contribution in [3.63, 3.8) is 0 Å². The van der Waals surface area contributed by atoms with E-state index in [-0.39, 0.29) is 12.4 Å². The van der Waals surface area contributed by atoms with E-state index in [1.807, 2.05) is 18.2 Å². The Morgan fingerprint density at radius 3 is 1.92 bits per heavy atom. The third-order valence-corrected chi connectivity index (χ3v) is 3.65. The van der Waals surface area contributed by atoms with Crippen LogP contribution in [0.5, 0.6) is 28.7 Å². The molecule has 0 unspecified atom stereocenters. The van der Waals surface area contributed by atoms with Crippen molar-refractivity contribution in [2.45, 2.75) is 12.8 Å². The van der Waals surface area contributed by atoms with Gasteiger partial charge in [-0.15, -0.1) is 0 Å². The summed E-state index contributed by atoms with van der Waals surface area (Å²) >= 11 is 0. The molecule has 0 aromatic heterocycles. The molecule has 0 atom stereocenters. The van der Waals surface area contributed by atoms with Gasteiger partial charge in [0.05, 0.1) is 28.4 Å². The Hall–Kier alpha value is -2.89. The summed E-state index contributed by atoms with van der Waals surface area (Å²) in [5, 5.41) is 0. The van der Waals surface area contributed by atoms with Crippen LogP contribution in [-0.4, -0.2) is 34.4 Å². The average molecular weight is 346 g/mol. The van der Waals surface area contributed by atoms with Crippen molar-refractivity contribution in [1.82, 2.24) is 0 Å². The number of rotatable bonds is 8. The molecule has 0 saturated heterocycles. The maximum Gasteiger partial charge on any atom is 0.311 e. The van der Waals surface area contributed by atoms with E-state index in [4.69, 9.17) is 23.7 Å². The summed E-state index contributed by atoms with van der Waals surface area (Å²) in [7, 11) is 6.23. The quantitative estimate of drug-likeness (QED) is 0.540. The van der Waals surface area contributed by atoms with Crippen LogP contribution in [0.2, 0.25) is 0 Å². The van der Waals surface area contributed by atoms with Gasteiger partial charge in [0.2, 0.25) is 0 Å². The number of aryl methyl sites for hydroxylation is 1. The minimum Gasteiger partial charge on any atom is -0.493 e. The van der Waals surface area contributed by atoms with E-state index in [0.29, 0.717) is 35.2 Å². The molecule has 2 aromatic carbocycles. The van der Waals surface area contributed by atoms with Crippen LogP contribution in [0, 0.1) is 0 Å². The van der Waals surface area contributed by atoms with Gasteiger partial charge in [-0.25, -0.2) is 0 Å². The van der Waals surface area contributed by atoms with E-state index in [1.54, 1.807) is 39.5 Å². The van der Waals surface area contributed by atoms with Gasteiger partial charge < -0.3 is 23.7 Å². The summed E-state index contributed by atoms with van der Waals surface area (Å²) in [6.45, 7) is 0. The van der Waals surface area contributed by atoms with Crippen molar-refractivity contribution >= 4 is 5.97 Å². The molecule has 2 aromatic rings. The number of hydrogen-bond donors (Lipinski definition) is 0. The molecule has 0 aliphatic heterocycles. The molecule has 0 amide bonds. The van der Waals surface area contributed by atoms with Gasteiger partial charge in [-0.2, -0.15) is 0 Å². The zero-order valence-corrected chi connectivity index (χ0v) is 14.8. The highest BCUT2D eigenvalue weighted by Crippen LogP contribution is 2.31. The summed E-state index contributed by atoms with van der Waals surface area (Å²) in [6.07, 6.45) is 0.774. The molecule has 0 fully saturated rings. The molecule has 0 spiro atoms. The van der Waals surface area contributed by atoms with Gasteiger partial charge in [-0.1, -0.05) is 6.07 Å². The Morgan fingerprint density at radius 1 is 0.760 bits per heavy atom. The Morgan fingerprint density at radius 2 is 1.32 bits per heavy atom. The van der Waals surface area contributed by atoms with Crippen LogP contribution in [0.25, 0.3) is 0 Å². The molecule has 6 nitrogen and oxygen atoms in total. The standard InChI is InChI=1S/C19H22O6/c1-21-15-8-5-13(11-17(15)23-3)6-10-19(20)25-14-7-9-16(22-2)18(12-14)24-4/h5,7-9,11-12H,6,10H2,1-4H3.